The Morgan fingerprint density at radius 3 is 1.22 bits per heavy atom. The van der Waals surface area contributed by atoms with Gasteiger partial charge in [-0.05, 0) is 102 Å². The van der Waals surface area contributed by atoms with Gasteiger partial charge in [0.15, 0.2) is 11.2 Å². The molecular formula is C34H61F9O10S. The molecule has 0 aromatic heterocycles. The van der Waals surface area contributed by atoms with E-state index in [9.17, 15) is 67.4 Å². The molecule has 0 aliphatic carbocycles. The molecule has 0 aliphatic heterocycles. The van der Waals surface area contributed by atoms with Crippen LogP contribution in [0.1, 0.15) is 137 Å². The Morgan fingerprint density at radius 1 is 0.630 bits per heavy atom. The molecule has 0 amide bonds. The van der Waals surface area contributed by atoms with Crippen molar-refractivity contribution < 1.29 is 86.2 Å². The van der Waals surface area contributed by atoms with Gasteiger partial charge in [-0.2, -0.15) is 47.9 Å². The Morgan fingerprint density at radius 2 is 0.981 bits per heavy atom. The van der Waals surface area contributed by atoms with Crippen LogP contribution in [0.5, 0.6) is 0 Å². The molecule has 0 radical (unpaired) electrons. The Labute approximate surface area is 314 Å². The summed E-state index contributed by atoms with van der Waals surface area (Å²) >= 11 is 0. The van der Waals surface area contributed by atoms with E-state index < -0.39 is 97.4 Å². The first-order valence-corrected chi connectivity index (χ1v) is 18.0. The van der Waals surface area contributed by atoms with Crippen LogP contribution in [0.25, 0.3) is 0 Å². The molecule has 3 unspecified atom stereocenters. The number of carbonyl (C=O) groups is 3. The first-order valence-electron chi connectivity index (χ1n) is 16.4. The van der Waals surface area contributed by atoms with Gasteiger partial charge in [0.25, 0.3) is 10.1 Å². The van der Waals surface area contributed by atoms with Gasteiger partial charge in [-0.1, -0.05) is 28.2 Å². The summed E-state index contributed by atoms with van der Waals surface area (Å²) in [5.41, 5.74) is -14.9. The third kappa shape index (κ3) is 16.4. The summed E-state index contributed by atoms with van der Waals surface area (Å²) in [4.78, 5) is 35.9. The van der Waals surface area contributed by atoms with E-state index in [0.29, 0.717) is 33.6 Å². The molecule has 3 atom stereocenters. The van der Waals surface area contributed by atoms with Crippen LogP contribution in [-0.2, 0) is 38.7 Å². The fourth-order valence-corrected chi connectivity index (χ4v) is 3.80. The molecule has 0 fully saturated rings. The van der Waals surface area contributed by atoms with Crippen LogP contribution in [0.2, 0.25) is 0 Å². The molecular weight excluding hydrogens is 771 g/mol. The molecule has 2 N–H and O–H groups in total. The van der Waals surface area contributed by atoms with E-state index in [2.05, 4.69) is 9.47 Å². The molecule has 0 saturated heterocycles. The highest BCUT2D eigenvalue weighted by Crippen LogP contribution is 2.54. The maximum absolute atomic E-state index is 13.8. The molecule has 326 valence electrons. The smallest absolute Gasteiger partial charge is 0.441 e. The van der Waals surface area contributed by atoms with Crippen molar-refractivity contribution in [3.63, 3.8) is 0 Å². The lowest BCUT2D eigenvalue weighted by molar-refractivity contribution is -0.409. The van der Waals surface area contributed by atoms with Crippen molar-refractivity contribution in [2.45, 2.75) is 184 Å². The zero-order chi connectivity index (χ0) is 43.8. The minimum absolute atomic E-state index is 0. The Balaban J connectivity index is -0.000000397. The van der Waals surface area contributed by atoms with Gasteiger partial charge < -0.3 is 19.3 Å². The number of hydrogen-bond acceptors (Lipinski definition) is 9. The number of ether oxygens (including phenoxy) is 3. The van der Waals surface area contributed by atoms with Crippen molar-refractivity contribution in [1.29, 1.82) is 0 Å². The van der Waals surface area contributed by atoms with Crippen LogP contribution in [-0.4, -0.2) is 82.7 Å². The zero-order valence-electron chi connectivity index (χ0n) is 33.0. The number of aliphatic hydroxyl groups is 1. The standard InChI is InChI=1S/C17H26F6O4.C12H21F3O3.C4H10O3S.CH4/c1-9-13(5,6)11(25)26-14(7,8)15(16(18,19)20,17(21,22)23)27-10(24)12(2,3)4;1-6-10(3,4)9(16)18-8(2)7-11(5,17)12(13,14)15;1-3-4(2)8(5,6)7;/h9H2,1-8H3;8,17H,6-7H2,1-5H3;4H,3H2,1-2H3,(H,5,6,7);1H4. The molecule has 0 spiro atoms. The van der Waals surface area contributed by atoms with Gasteiger partial charge in [0.1, 0.15) is 6.10 Å². The highest BCUT2D eigenvalue weighted by atomic mass is 32.2. The van der Waals surface area contributed by atoms with Gasteiger partial charge in [-0.25, -0.2) is 0 Å². The number of rotatable bonds is 12. The summed E-state index contributed by atoms with van der Waals surface area (Å²) < 4.78 is 162. The van der Waals surface area contributed by atoms with Crippen LogP contribution in [0.3, 0.4) is 0 Å². The van der Waals surface area contributed by atoms with Gasteiger partial charge in [-0.3, -0.25) is 18.9 Å². The monoisotopic (exact) mass is 832 g/mol. The maximum atomic E-state index is 13.8. The Hall–Kier alpha value is -2.35. The fourth-order valence-electron chi connectivity index (χ4n) is 3.37. The highest BCUT2D eigenvalue weighted by molar-refractivity contribution is 7.86. The normalized spacial score (nSPS) is 15.7. The summed E-state index contributed by atoms with van der Waals surface area (Å²) in [6.45, 7) is 18.6. The largest absolute Gasteiger partial charge is 0.462 e. The van der Waals surface area contributed by atoms with E-state index in [1.54, 1.807) is 27.7 Å². The molecule has 0 bridgehead atoms. The first-order chi connectivity index (χ1) is 22.9. The maximum Gasteiger partial charge on any atom is 0.441 e. The fraction of sp³-hybridized carbons (Fsp3) is 0.912. The van der Waals surface area contributed by atoms with Gasteiger partial charge in [-0.15, -0.1) is 0 Å². The highest BCUT2D eigenvalue weighted by Gasteiger charge is 2.82. The van der Waals surface area contributed by atoms with E-state index in [1.807, 2.05) is 0 Å². The average Bonchev–Trinajstić information content (AvgIpc) is 2.91. The van der Waals surface area contributed by atoms with Gasteiger partial charge in [0, 0.05) is 6.42 Å². The van der Waals surface area contributed by atoms with Crippen LogP contribution >= 0.6 is 0 Å². The predicted molar refractivity (Wildman–Crippen MR) is 184 cm³/mol. The van der Waals surface area contributed by atoms with Crippen molar-refractivity contribution in [2.24, 2.45) is 16.2 Å². The van der Waals surface area contributed by atoms with Gasteiger partial charge in [0.05, 0.1) is 21.5 Å². The molecule has 10 nitrogen and oxygen atoms in total. The van der Waals surface area contributed by atoms with E-state index in [4.69, 9.17) is 9.29 Å². The molecule has 0 aliphatic rings. The van der Waals surface area contributed by atoms with E-state index in [1.165, 1.54) is 34.6 Å². The van der Waals surface area contributed by atoms with E-state index >= 15 is 0 Å². The van der Waals surface area contributed by atoms with Crippen LogP contribution in [0, 0.1) is 16.2 Å². The van der Waals surface area contributed by atoms with Crippen molar-refractivity contribution in [3.8, 4) is 0 Å². The van der Waals surface area contributed by atoms with Crippen molar-refractivity contribution in [1.82, 2.24) is 0 Å². The molecule has 0 heterocycles. The second kappa shape index (κ2) is 19.7. The van der Waals surface area contributed by atoms with Gasteiger partial charge in [0.2, 0.25) is 0 Å². The molecule has 20 heteroatoms. The summed E-state index contributed by atoms with van der Waals surface area (Å²) in [7, 11) is -3.75. The lowest BCUT2D eigenvalue weighted by atomic mass is 9.82. The summed E-state index contributed by atoms with van der Waals surface area (Å²) in [6, 6.07) is 0. The van der Waals surface area contributed by atoms with E-state index in [0.717, 1.165) is 20.8 Å². The summed E-state index contributed by atoms with van der Waals surface area (Å²) in [5.74, 6) is -3.58. The third-order valence-corrected chi connectivity index (χ3v) is 9.76. The molecule has 0 aromatic rings. The molecule has 0 saturated carbocycles. The molecule has 0 aromatic carbocycles. The lowest BCUT2D eigenvalue weighted by Gasteiger charge is -2.47. The van der Waals surface area contributed by atoms with Crippen LogP contribution < -0.4 is 0 Å². The second-order valence-electron chi connectivity index (χ2n) is 15.6. The van der Waals surface area contributed by atoms with Crippen molar-refractivity contribution in [3.05, 3.63) is 0 Å². The Bertz CT molecular complexity index is 1300. The quantitative estimate of drug-likeness (QED) is 0.0841. The third-order valence-electron chi connectivity index (χ3n) is 8.41. The topological polar surface area (TPSA) is 154 Å². The van der Waals surface area contributed by atoms with E-state index in [-0.39, 0.29) is 13.8 Å². The minimum atomic E-state index is -6.10. The zero-order valence-corrected chi connectivity index (χ0v) is 33.8. The second-order valence-corrected chi connectivity index (χ2v) is 17.5. The SMILES string of the molecule is C.CCC(C)(C)C(=O)OC(C)(C)C(OC(=O)C(C)(C)C)(C(F)(F)F)C(F)(F)F.CCC(C)(C)C(=O)OC(C)CC(C)(O)C(F)(F)F.CCC(C)S(=O)(=O)O. The first kappa shape index (κ1) is 58.4. The predicted octanol–water partition coefficient (Wildman–Crippen LogP) is 9.56. The van der Waals surface area contributed by atoms with Crippen LogP contribution in [0.4, 0.5) is 39.5 Å². The van der Waals surface area contributed by atoms with Crippen molar-refractivity contribution >= 4 is 28.0 Å². The summed E-state index contributed by atoms with van der Waals surface area (Å²) in [5, 5.41) is 8.66. The number of carbonyl (C=O) groups excluding carboxylic acids is 3. The minimum Gasteiger partial charge on any atom is -0.462 e. The van der Waals surface area contributed by atoms with Crippen molar-refractivity contribution in [2.75, 3.05) is 0 Å². The number of alkyl halides is 9. The Kier molecular flexibility index (Phi) is 21.3. The number of halogens is 9. The molecule has 0 rings (SSSR count). The number of hydrogen-bond donors (Lipinski definition) is 2. The lowest BCUT2D eigenvalue weighted by Crippen LogP contribution is -2.72. The summed E-state index contributed by atoms with van der Waals surface area (Å²) in [6.07, 6.45) is -17.5. The number of esters is 3. The average molecular weight is 833 g/mol. The molecule has 54 heavy (non-hydrogen) atoms. The van der Waals surface area contributed by atoms with Crippen LogP contribution in [0.15, 0.2) is 0 Å². The van der Waals surface area contributed by atoms with Gasteiger partial charge >= 0.3 is 42.0 Å².